The third-order valence-corrected chi connectivity index (χ3v) is 3.12. The predicted molar refractivity (Wildman–Crippen MR) is 73.8 cm³/mol. The van der Waals surface area contributed by atoms with Gasteiger partial charge >= 0.3 is 0 Å². The van der Waals surface area contributed by atoms with Crippen LogP contribution in [0.5, 0.6) is 5.75 Å². The highest BCUT2D eigenvalue weighted by Crippen LogP contribution is 2.32. The number of phenolic OH excluding ortho intramolecular Hbond substituents is 1. The summed E-state index contributed by atoms with van der Waals surface area (Å²) in [5.74, 6) is 0.379. The van der Waals surface area contributed by atoms with Gasteiger partial charge < -0.3 is 10.8 Å². The Labute approximate surface area is 105 Å². The quantitative estimate of drug-likeness (QED) is 0.508. The van der Waals surface area contributed by atoms with Crippen LogP contribution in [0.4, 0.5) is 5.69 Å². The van der Waals surface area contributed by atoms with Gasteiger partial charge in [0.25, 0.3) is 0 Å². The second-order valence-corrected chi connectivity index (χ2v) is 4.86. The van der Waals surface area contributed by atoms with Gasteiger partial charge in [0.1, 0.15) is 5.75 Å². The largest absolute Gasteiger partial charge is 0.507 e. The smallest absolute Gasteiger partial charge is 0.123 e. The minimum atomic E-state index is 0.379. The molecule has 0 radical (unpaired) electrons. The molecule has 3 heteroatoms. The Bertz CT molecular complexity index is 350. The van der Waals surface area contributed by atoms with Crippen LogP contribution in [0, 0.1) is 6.92 Å². The number of benzene rings is 1. The lowest BCUT2D eigenvalue weighted by Gasteiger charge is -2.14. The van der Waals surface area contributed by atoms with Crippen molar-refractivity contribution in [1.29, 1.82) is 0 Å². The van der Waals surface area contributed by atoms with E-state index in [1.54, 1.807) is 0 Å². The Kier molecular flexibility index (Phi) is 4.70. The van der Waals surface area contributed by atoms with E-state index in [0.717, 1.165) is 40.5 Å². The van der Waals surface area contributed by atoms with Gasteiger partial charge in [-0.15, -0.1) is 0 Å². The molecule has 0 aliphatic heterocycles. The summed E-state index contributed by atoms with van der Waals surface area (Å²) in [6.07, 6.45) is 2.91. The molecule has 0 fully saturated rings. The lowest BCUT2D eigenvalue weighted by atomic mass is 9.97. The predicted octanol–water partition coefficient (Wildman–Crippen LogP) is 3.21. The van der Waals surface area contributed by atoms with E-state index in [4.69, 9.17) is 5.73 Å². The molecule has 1 aromatic rings. The van der Waals surface area contributed by atoms with E-state index < -0.39 is 0 Å². The number of hydrogen-bond donors (Lipinski definition) is 2. The fourth-order valence-corrected chi connectivity index (χ4v) is 2.33. The minimum absolute atomic E-state index is 0.379. The van der Waals surface area contributed by atoms with Crippen molar-refractivity contribution in [3.05, 3.63) is 22.8 Å². The first-order chi connectivity index (χ1) is 7.11. The van der Waals surface area contributed by atoms with Crippen molar-refractivity contribution in [3.8, 4) is 5.75 Å². The molecule has 3 N–H and O–H groups in total. The standard InChI is InChI=1S/C12H18INO/c1-3-4-9-7-8(2)12(15)10(5-6-13)11(9)14/h7,15H,3-6,14H2,1-2H3. The van der Waals surface area contributed by atoms with Crippen molar-refractivity contribution < 1.29 is 5.11 Å². The summed E-state index contributed by atoms with van der Waals surface area (Å²) in [6, 6.07) is 2.00. The third-order valence-electron chi connectivity index (χ3n) is 2.59. The molecule has 0 bridgehead atoms. The van der Waals surface area contributed by atoms with Crippen LogP contribution >= 0.6 is 22.6 Å². The topological polar surface area (TPSA) is 46.2 Å². The summed E-state index contributed by atoms with van der Waals surface area (Å²) in [6.45, 7) is 4.07. The molecule has 0 aliphatic carbocycles. The lowest BCUT2D eigenvalue weighted by Crippen LogP contribution is -2.02. The summed E-state index contributed by atoms with van der Waals surface area (Å²) < 4.78 is 0.977. The van der Waals surface area contributed by atoms with Gasteiger partial charge in [0, 0.05) is 15.7 Å². The van der Waals surface area contributed by atoms with E-state index in [1.807, 2.05) is 13.0 Å². The molecule has 2 nitrogen and oxygen atoms in total. The summed E-state index contributed by atoms with van der Waals surface area (Å²) >= 11 is 2.30. The van der Waals surface area contributed by atoms with E-state index in [0.29, 0.717) is 5.75 Å². The van der Waals surface area contributed by atoms with Crippen LogP contribution in [0.25, 0.3) is 0 Å². The van der Waals surface area contributed by atoms with Crippen molar-refractivity contribution in [2.75, 3.05) is 10.2 Å². The first-order valence-corrected chi connectivity index (χ1v) is 6.80. The maximum absolute atomic E-state index is 9.92. The van der Waals surface area contributed by atoms with Crippen LogP contribution in [0.15, 0.2) is 6.07 Å². The van der Waals surface area contributed by atoms with Crippen LogP contribution in [-0.4, -0.2) is 9.53 Å². The van der Waals surface area contributed by atoms with Crippen molar-refractivity contribution >= 4 is 28.3 Å². The summed E-state index contributed by atoms with van der Waals surface area (Å²) in [4.78, 5) is 0. The molecule has 0 aliphatic rings. The number of halogens is 1. The van der Waals surface area contributed by atoms with Gasteiger partial charge in [0.15, 0.2) is 0 Å². The summed E-state index contributed by atoms with van der Waals surface area (Å²) in [5, 5.41) is 9.92. The fourth-order valence-electron chi connectivity index (χ4n) is 1.79. The molecule has 0 unspecified atom stereocenters. The monoisotopic (exact) mass is 319 g/mol. The number of anilines is 1. The molecule has 0 saturated heterocycles. The maximum Gasteiger partial charge on any atom is 0.123 e. The number of phenols is 1. The van der Waals surface area contributed by atoms with E-state index in [1.165, 1.54) is 5.56 Å². The highest BCUT2D eigenvalue weighted by molar-refractivity contribution is 14.1. The van der Waals surface area contributed by atoms with Crippen molar-refractivity contribution in [1.82, 2.24) is 0 Å². The molecule has 1 rings (SSSR count). The molecule has 0 amide bonds. The highest BCUT2D eigenvalue weighted by Gasteiger charge is 2.12. The zero-order valence-corrected chi connectivity index (χ0v) is 11.5. The zero-order valence-electron chi connectivity index (χ0n) is 9.31. The number of nitrogen functional groups attached to an aromatic ring is 1. The molecule has 0 atom stereocenters. The Morgan fingerprint density at radius 1 is 1.40 bits per heavy atom. The molecular weight excluding hydrogens is 301 g/mol. The second kappa shape index (κ2) is 5.58. The Morgan fingerprint density at radius 3 is 2.60 bits per heavy atom. The molecular formula is C12H18INO. The zero-order chi connectivity index (χ0) is 11.4. The molecule has 0 aromatic heterocycles. The molecule has 0 heterocycles. The van der Waals surface area contributed by atoms with Gasteiger partial charge in [-0.2, -0.15) is 0 Å². The number of aromatic hydroxyl groups is 1. The Hall–Kier alpha value is -0.450. The molecule has 15 heavy (non-hydrogen) atoms. The molecule has 1 aromatic carbocycles. The number of rotatable bonds is 4. The highest BCUT2D eigenvalue weighted by atomic mass is 127. The minimum Gasteiger partial charge on any atom is -0.507 e. The Morgan fingerprint density at radius 2 is 2.07 bits per heavy atom. The van der Waals surface area contributed by atoms with Crippen LogP contribution in [0.2, 0.25) is 0 Å². The van der Waals surface area contributed by atoms with Crippen molar-refractivity contribution in [2.24, 2.45) is 0 Å². The average molecular weight is 319 g/mol. The average Bonchev–Trinajstić information content (AvgIpc) is 2.21. The summed E-state index contributed by atoms with van der Waals surface area (Å²) in [7, 11) is 0. The number of alkyl halides is 1. The van der Waals surface area contributed by atoms with Gasteiger partial charge in [-0.05, 0) is 30.9 Å². The van der Waals surface area contributed by atoms with E-state index in [-0.39, 0.29) is 0 Å². The lowest BCUT2D eigenvalue weighted by molar-refractivity contribution is 0.465. The second-order valence-electron chi connectivity index (χ2n) is 3.78. The molecule has 84 valence electrons. The number of hydrogen-bond acceptors (Lipinski definition) is 2. The molecule has 0 saturated carbocycles. The van der Waals surface area contributed by atoms with Crippen LogP contribution < -0.4 is 5.73 Å². The van der Waals surface area contributed by atoms with E-state index >= 15 is 0 Å². The fraction of sp³-hybridized carbons (Fsp3) is 0.500. The Balaban J connectivity index is 3.22. The third kappa shape index (κ3) is 2.77. The number of aryl methyl sites for hydroxylation is 2. The van der Waals surface area contributed by atoms with Gasteiger partial charge in [0.05, 0.1) is 0 Å². The van der Waals surface area contributed by atoms with E-state index in [2.05, 4.69) is 29.5 Å². The van der Waals surface area contributed by atoms with Crippen molar-refractivity contribution in [3.63, 3.8) is 0 Å². The maximum atomic E-state index is 9.92. The number of nitrogens with two attached hydrogens (primary N) is 1. The van der Waals surface area contributed by atoms with Gasteiger partial charge in [-0.1, -0.05) is 42.0 Å². The van der Waals surface area contributed by atoms with Crippen LogP contribution in [-0.2, 0) is 12.8 Å². The normalized spacial score (nSPS) is 10.6. The van der Waals surface area contributed by atoms with Gasteiger partial charge in [-0.3, -0.25) is 0 Å². The first kappa shape index (κ1) is 12.6. The van der Waals surface area contributed by atoms with Crippen LogP contribution in [0.1, 0.15) is 30.0 Å². The molecule has 0 spiro atoms. The van der Waals surface area contributed by atoms with Crippen LogP contribution in [0.3, 0.4) is 0 Å². The van der Waals surface area contributed by atoms with E-state index in [9.17, 15) is 5.11 Å². The van der Waals surface area contributed by atoms with Gasteiger partial charge in [-0.25, -0.2) is 0 Å². The van der Waals surface area contributed by atoms with Crippen molar-refractivity contribution in [2.45, 2.75) is 33.1 Å². The summed E-state index contributed by atoms with van der Waals surface area (Å²) in [5.41, 5.74) is 9.89. The van der Waals surface area contributed by atoms with Gasteiger partial charge in [0.2, 0.25) is 0 Å². The first-order valence-electron chi connectivity index (χ1n) is 5.27. The SMILES string of the molecule is CCCc1cc(C)c(O)c(CCI)c1N.